The van der Waals surface area contributed by atoms with Crippen LogP contribution in [0.4, 0.5) is 10.5 Å². The molecule has 1 aromatic rings. The molecule has 2 atom stereocenters. The predicted octanol–water partition coefficient (Wildman–Crippen LogP) is 2.96. The molecule has 0 fully saturated rings. The fraction of sp³-hybridized carbons (Fsp3) is 0.500. The largest absolute Gasteiger partial charge is 0.467 e. The van der Waals surface area contributed by atoms with Crippen LogP contribution in [-0.2, 0) is 16.0 Å². The molecule has 2 unspecified atom stereocenters. The zero-order valence-electron chi connectivity index (χ0n) is 13.1. The Morgan fingerprint density at radius 3 is 2.29 bits per heavy atom. The molecule has 116 valence electrons. The van der Waals surface area contributed by atoms with Gasteiger partial charge in [0, 0.05) is 5.69 Å². The van der Waals surface area contributed by atoms with Gasteiger partial charge >= 0.3 is 12.0 Å². The number of aryl methyl sites for hydroxylation is 1. The minimum atomic E-state index is -0.644. The second-order valence-corrected chi connectivity index (χ2v) is 5.04. The summed E-state index contributed by atoms with van der Waals surface area (Å²) >= 11 is 0. The smallest absolute Gasteiger partial charge is 0.328 e. The van der Waals surface area contributed by atoms with Crippen molar-refractivity contribution < 1.29 is 14.3 Å². The molecule has 0 saturated heterocycles. The summed E-state index contributed by atoms with van der Waals surface area (Å²) in [6.45, 7) is 5.93. The summed E-state index contributed by atoms with van der Waals surface area (Å²) in [5.41, 5.74) is 1.89. The zero-order chi connectivity index (χ0) is 15.8. The number of hydrogen-bond donors (Lipinski definition) is 2. The Morgan fingerprint density at radius 1 is 1.19 bits per heavy atom. The van der Waals surface area contributed by atoms with Gasteiger partial charge in [-0.25, -0.2) is 9.59 Å². The number of carbonyl (C=O) groups excluding carboxylic acids is 2. The van der Waals surface area contributed by atoms with Crippen LogP contribution in [0, 0.1) is 5.92 Å². The summed E-state index contributed by atoms with van der Waals surface area (Å²) in [4.78, 5) is 23.7. The summed E-state index contributed by atoms with van der Waals surface area (Å²) in [7, 11) is 1.32. The number of rotatable bonds is 6. The van der Waals surface area contributed by atoms with Crippen molar-refractivity contribution in [1.82, 2.24) is 5.32 Å². The number of carbonyl (C=O) groups is 2. The van der Waals surface area contributed by atoms with Crippen LogP contribution in [0.15, 0.2) is 24.3 Å². The molecule has 5 heteroatoms. The van der Waals surface area contributed by atoms with E-state index in [1.807, 2.05) is 38.1 Å². The molecule has 2 amide bonds. The minimum Gasteiger partial charge on any atom is -0.467 e. The lowest BCUT2D eigenvalue weighted by molar-refractivity contribution is -0.144. The van der Waals surface area contributed by atoms with E-state index in [0.717, 1.165) is 12.8 Å². The number of benzene rings is 1. The normalized spacial score (nSPS) is 13.1. The van der Waals surface area contributed by atoms with E-state index in [1.165, 1.54) is 12.7 Å². The average molecular weight is 292 g/mol. The molecule has 2 N–H and O–H groups in total. The molecule has 0 heterocycles. The van der Waals surface area contributed by atoms with Crippen LogP contribution in [0.5, 0.6) is 0 Å². The first-order chi connectivity index (χ1) is 10.0. The predicted molar refractivity (Wildman–Crippen MR) is 83.2 cm³/mol. The van der Waals surface area contributed by atoms with E-state index in [0.29, 0.717) is 5.69 Å². The van der Waals surface area contributed by atoms with Gasteiger partial charge in [-0.3, -0.25) is 0 Å². The third kappa shape index (κ3) is 5.10. The Kier molecular flexibility index (Phi) is 6.72. The number of ether oxygens (including phenoxy) is 1. The molecule has 21 heavy (non-hydrogen) atoms. The van der Waals surface area contributed by atoms with E-state index < -0.39 is 18.0 Å². The van der Waals surface area contributed by atoms with Crippen molar-refractivity contribution in [1.29, 1.82) is 0 Å². The highest BCUT2D eigenvalue weighted by Gasteiger charge is 2.26. The molecule has 0 aliphatic rings. The third-order valence-electron chi connectivity index (χ3n) is 3.57. The van der Waals surface area contributed by atoms with Gasteiger partial charge in [0.05, 0.1) is 7.11 Å². The number of anilines is 1. The first-order valence-corrected chi connectivity index (χ1v) is 7.26. The van der Waals surface area contributed by atoms with Gasteiger partial charge in [-0.1, -0.05) is 39.3 Å². The topological polar surface area (TPSA) is 67.4 Å². The summed E-state index contributed by atoms with van der Waals surface area (Å²) in [6, 6.07) is 6.55. The maximum atomic E-state index is 12.0. The molecule has 1 rings (SSSR count). The molecule has 0 saturated carbocycles. The Bertz CT molecular complexity index is 471. The first kappa shape index (κ1) is 17.0. The molecular weight excluding hydrogens is 268 g/mol. The molecule has 0 aliphatic heterocycles. The van der Waals surface area contributed by atoms with E-state index in [4.69, 9.17) is 4.74 Å². The van der Waals surface area contributed by atoms with Gasteiger partial charge in [-0.15, -0.1) is 0 Å². The zero-order valence-corrected chi connectivity index (χ0v) is 13.1. The lowest BCUT2D eigenvalue weighted by Crippen LogP contribution is -2.47. The highest BCUT2D eigenvalue weighted by molar-refractivity contribution is 5.92. The minimum absolute atomic E-state index is 0.00525. The number of esters is 1. The number of hydrogen-bond acceptors (Lipinski definition) is 3. The SMILES string of the molecule is CCc1ccc(NC(=O)NC(C(=O)OC)C(C)CC)cc1. The Hall–Kier alpha value is -2.04. The number of methoxy groups -OCH3 is 1. The molecule has 0 aromatic heterocycles. The van der Waals surface area contributed by atoms with Crippen molar-refractivity contribution >= 4 is 17.7 Å². The van der Waals surface area contributed by atoms with Gasteiger partial charge in [-0.2, -0.15) is 0 Å². The van der Waals surface area contributed by atoms with E-state index in [2.05, 4.69) is 17.6 Å². The van der Waals surface area contributed by atoms with Crippen molar-refractivity contribution in [3.63, 3.8) is 0 Å². The van der Waals surface area contributed by atoms with Crippen LogP contribution in [0.1, 0.15) is 32.8 Å². The second-order valence-electron chi connectivity index (χ2n) is 5.04. The molecule has 0 bridgehead atoms. The van der Waals surface area contributed by atoms with Gasteiger partial charge in [0.25, 0.3) is 0 Å². The van der Waals surface area contributed by atoms with Crippen LogP contribution >= 0.6 is 0 Å². The maximum Gasteiger partial charge on any atom is 0.328 e. The Morgan fingerprint density at radius 2 is 1.81 bits per heavy atom. The van der Waals surface area contributed by atoms with E-state index in [-0.39, 0.29) is 5.92 Å². The van der Waals surface area contributed by atoms with Crippen molar-refractivity contribution in [2.75, 3.05) is 12.4 Å². The van der Waals surface area contributed by atoms with Crippen LogP contribution in [0.25, 0.3) is 0 Å². The van der Waals surface area contributed by atoms with E-state index in [1.54, 1.807) is 0 Å². The fourth-order valence-electron chi connectivity index (χ4n) is 1.93. The summed E-state index contributed by atoms with van der Waals surface area (Å²) in [5, 5.41) is 5.39. The number of amides is 2. The summed E-state index contributed by atoms with van der Waals surface area (Å²) in [5.74, 6) is -0.425. The molecule has 0 spiro atoms. The summed E-state index contributed by atoms with van der Waals surface area (Å²) in [6.07, 6.45) is 1.72. The lowest BCUT2D eigenvalue weighted by atomic mass is 9.99. The number of nitrogens with one attached hydrogen (secondary N) is 2. The monoisotopic (exact) mass is 292 g/mol. The van der Waals surface area contributed by atoms with Gasteiger partial charge in [0.1, 0.15) is 6.04 Å². The quantitative estimate of drug-likeness (QED) is 0.792. The molecular formula is C16H24N2O3. The maximum absolute atomic E-state index is 12.0. The molecule has 0 radical (unpaired) electrons. The molecule has 0 aliphatic carbocycles. The van der Waals surface area contributed by atoms with Crippen LogP contribution in [0.3, 0.4) is 0 Å². The Balaban J connectivity index is 2.66. The first-order valence-electron chi connectivity index (χ1n) is 7.26. The number of urea groups is 1. The van der Waals surface area contributed by atoms with Crippen LogP contribution in [-0.4, -0.2) is 25.2 Å². The van der Waals surface area contributed by atoms with Crippen molar-refractivity contribution in [3.05, 3.63) is 29.8 Å². The standard InChI is InChI=1S/C16H24N2O3/c1-5-11(3)14(15(19)21-4)18-16(20)17-13-9-7-12(6-2)8-10-13/h7-11,14H,5-6H2,1-4H3,(H2,17,18,20). The average Bonchev–Trinajstić information content (AvgIpc) is 2.51. The van der Waals surface area contributed by atoms with E-state index >= 15 is 0 Å². The third-order valence-corrected chi connectivity index (χ3v) is 3.57. The lowest BCUT2D eigenvalue weighted by Gasteiger charge is -2.22. The second kappa shape index (κ2) is 8.29. The summed E-state index contributed by atoms with van der Waals surface area (Å²) < 4.78 is 4.74. The van der Waals surface area contributed by atoms with Crippen molar-refractivity contribution in [2.24, 2.45) is 5.92 Å². The van der Waals surface area contributed by atoms with Gasteiger partial charge < -0.3 is 15.4 Å². The van der Waals surface area contributed by atoms with Crippen LogP contribution in [0.2, 0.25) is 0 Å². The van der Waals surface area contributed by atoms with Crippen LogP contribution < -0.4 is 10.6 Å². The fourth-order valence-corrected chi connectivity index (χ4v) is 1.93. The molecule has 5 nitrogen and oxygen atoms in total. The Labute approximate surface area is 126 Å². The van der Waals surface area contributed by atoms with E-state index in [9.17, 15) is 9.59 Å². The van der Waals surface area contributed by atoms with Gasteiger partial charge in [0.15, 0.2) is 0 Å². The molecule has 1 aromatic carbocycles. The highest BCUT2D eigenvalue weighted by Crippen LogP contribution is 2.12. The van der Waals surface area contributed by atoms with Crippen molar-refractivity contribution in [2.45, 2.75) is 39.7 Å². The van der Waals surface area contributed by atoms with Gasteiger partial charge in [0.2, 0.25) is 0 Å². The highest BCUT2D eigenvalue weighted by atomic mass is 16.5. The van der Waals surface area contributed by atoms with Gasteiger partial charge in [-0.05, 0) is 30.0 Å². The van der Waals surface area contributed by atoms with Crippen molar-refractivity contribution in [3.8, 4) is 0 Å².